The van der Waals surface area contributed by atoms with Crippen molar-refractivity contribution >= 4 is 0 Å². The lowest BCUT2D eigenvalue weighted by Crippen LogP contribution is -2.44. The normalized spacial score (nSPS) is 25.3. The molecule has 2 rings (SSSR count). The Morgan fingerprint density at radius 2 is 2.00 bits per heavy atom. The maximum absolute atomic E-state index is 10.1. The second kappa shape index (κ2) is 6.35. The average Bonchev–Trinajstić information content (AvgIpc) is 2.36. The number of benzene rings is 1. The molecular formula is C16H25NO. The summed E-state index contributed by atoms with van der Waals surface area (Å²) in [6.45, 7) is 7.60. The zero-order valence-corrected chi connectivity index (χ0v) is 11.6. The van der Waals surface area contributed by atoms with Crippen LogP contribution < -0.4 is 0 Å². The molecule has 0 saturated carbocycles. The molecule has 2 atom stereocenters. The third kappa shape index (κ3) is 3.56. The monoisotopic (exact) mass is 247 g/mol. The van der Waals surface area contributed by atoms with Crippen molar-refractivity contribution in [2.45, 2.75) is 39.2 Å². The van der Waals surface area contributed by atoms with E-state index in [1.54, 1.807) is 0 Å². The topological polar surface area (TPSA) is 23.5 Å². The van der Waals surface area contributed by atoms with Gasteiger partial charge in [-0.15, -0.1) is 0 Å². The highest BCUT2D eigenvalue weighted by atomic mass is 16.3. The van der Waals surface area contributed by atoms with Crippen molar-refractivity contribution < 1.29 is 5.11 Å². The Morgan fingerprint density at radius 3 is 2.67 bits per heavy atom. The highest BCUT2D eigenvalue weighted by molar-refractivity contribution is 5.22. The Bertz CT molecular complexity index is 360. The van der Waals surface area contributed by atoms with Crippen molar-refractivity contribution in [2.75, 3.05) is 19.6 Å². The van der Waals surface area contributed by atoms with E-state index in [4.69, 9.17) is 0 Å². The predicted molar refractivity (Wildman–Crippen MR) is 75.7 cm³/mol. The van der Waals surface area contributed by atoms with Crippen molar-refractivity contribution in [3.63, 3.8) is 0 Å². The van der Waals surface area contributed by atoms with Crippen LogP contribution in [0, 0.1) is 12.8 Å². The highest BCUT2D eigenvalue weighted by Gasteiger charge is 2.27. The molecule has 0 bridgehead atoms. The van der Waals surface area contributed by atoms with Crippen molar-refractivity contribution in [2.24, 2.45) is 5.92 Å². The summed E-state index contributed by atoms with van der Waals surface area (Å²) >= 11 is 0. The Hall–Kier alpha value is -0.860. The molecule has 2 nitrogen and oxygen atoms in total. The van der Waals surface area contributed by atoms with Gasteiger partial charge in [0, 0.05) is 19.0 Å². The van der Waals surface area contributed by atoms with Gasteiger partial charge in [-0.25, -0.2) is 0 Å². The molecule has 1 saturated heterocycles. The van der Waals surface area contributed by atoms with E-state index in [1.165, 1.54) is 17.5 Å². The summed E-state index contributed by atoms with van der Waals surface area (Å²) in [4.78, 5) is 2.49. The van der Waals surface area contributed by atoms with Crippen LogP contribution in [0.25, 0.3) is 0 Å². The molecular weight excluding hydrogens is 222 g/mol. The summed E-state index contributed by atoms with van der Waals surface area (Å²) in [7, 11) is 0. The van der Waals surface area contributed by atoms with Gasteiger partial charge in [-0.1, -0.05) is 36.8 Å². The number of aliphatic hydroxyl groups is 1. The number of likely N-dealkylation sites (tertiary alicyclic amines) is 1. The summed E-state index contributed by atoms with van der Waals surface area (Å²) in [5, 5.41) is 10.1. The number of rotatable bonds is 4. The van der Waals surface area contributed by atoms with Gasteiger partial charge in [0.1, 0.15) is 0 Å². The first-order valence-corrected chi connectivity index (χ1v) is 7.15. The van der Waals surface area contributed by atoms with Crippen LogP contribution in [-0.4, -0.2) is 35.7 Å². The summed E-state index contributed by atoms with van der Waals surface area (Å²) in [6.07, 6.45) is 3.00. The minimum Gasteiger partial charge on any atom is -0.393 e. The number of hydrogen-bond acceptors (Lipinski definition) is 2. The zero-order valence-electron chi connectivity index (χ0n) is 11.6. The van der Waals surface area contributed by atoms with Crippen LogP contribution in [0.5, 0.6) is 0 Å². The minimum absolute atomic E-state index is 0.126. The van der Waals surface area contributed by atoms with E-state index in [-0.39, 0.29) is 6.10 Å². The highest BCUT2D eigenvalue weighted by Crippen LogP contribution is 2.21. The number of piperidine rings is 1. The minimum atomic E-state index is -0.126. The maximum Gasteiger partial charge on any atom is 0.0596 e. The first-order valence-electron chi connectivity index (χ1n) is 7.15. The van der Waals surface area contributed by atoms with Gasteiger partial charge in [0.25, 0.3) is 0 Å². The second-order valence-corrected chi connectivity index (χ2v) is 5.61. The SMILES string of the molecule is CCCN1CCC(O)C(Cc2ccc(C)cc2)C1. The molecule has 0 radical (unpaired) electrons. The van der Waals surface area contributed by atoms with Crippen LogP contribution in [0.4, 0.5) is 0 Å². The average molecular weight is 247 g/mol. The Kier molecular flexibility index (Phi) is 4.79. The Balaban J connectivity index is 1.95. The lowest BCUT2D eigenvalue weighted by molar-refractivity contribution is 0.0270. The third-order valence-corrected chi connectivity index (χ3v) is 3.94. The Labute approximate surface area is 111 Å². The van der Waals surface area contributed by atoms with E-state index < -0.39 is 0 Å². The van der Waals surface area contributed by atoms with Gasteiger partial charge in [-0.2, -0.15) is 0 Å². The molecule has 2 unspecified atom stereocenters. The van der Waals surface area contributed by atoms with Crippen molar-refractivity contribution in [1.29, 1.82) is 0 Å². The first-order chi connectivity index (χ1) is 8.69. The van der Waals surface area contributed by atoms with E-state index in [1.807, 2.05) is 0 Å². The third-order valence-electron chi connectivity index (χ3n) is 3.94. The van der Waals surface area contributed by atoms with Gasteiger partial charge < -0.3 is 10.0 Å². The summed E-state index contributed by atoms with van der Waals surface area (Å²) in [5.41, 5.74) is 2.65. The molecule has 100 valence electrons. The number of nitrogens with zero attached hydrogens (tertiary/aromatic N) is 1. The molecule has 1 N–H and O–H groups in total. The first kappa shape index (κ1) is 13.6. The fraction of sp³-hybridized carbons (Fsp3) is 0.625. The van der Waals surface area contributed by atoms with E-state index >= 15 is 0 Å². The molecule has 0 spiro atoms. The predicted octanol–water partition coefficient (Wildman–Crippen LogP) is 2.63. The number of aliphatic hydroxyl groups excluding tert-OH is 1. The smallest absolute Gasteiger partial charge is 0.0596 e. The van der Waals surface area contributed by atoms with E-state index in [2.05, 4.69) is 43.0 Å². The zero-order chi connectivity index (χ0) is 13.0. The standard InChI is InChI=1S/C16H25NO/c1-3-9-17-10-8-16(18)15(12-17)11-14-6-4-13(2)5-7-14/h4-7,15-16,18H,3,8-12H2,1-2H3. The lowest BCUT2D eigenvalue weighted by Gasteiger charge is -2.36. The molecule has 0 aromatic heterocycles. The molecule has 1 fully saturated rings. The van der Waals surface area contributed by atoms with Gasteiger partial charge in [0.15, 0.2) is 0 Å². The van der Waals surface area contributed by atoms with Crippen LogP contribution in [0.2, 0.25) is 0 Å². The Morgan fingerprint density at radius 1 is 1.28 bits per heavy atom. The van der Waals surface area contributed by atoms with Crippen molar-refractivity contribution in [3.05, 3.63) is 35.4 Å². The molecule has 1 aliphatic heterocycles. The van der Waals surface area contributed by atoms with Gasteiger partial charge in [-0.3, -0.25) is 0 Å². The lowest BCUT2D eigenvalue weighted by atomic mass is 9.88. The largest absolute Gasteiger partial charge is 0.393 e. The summed E-state index contributed by atoms with van der Waals surface area (Å²) in [6, 6.07) is 8.71. The fourth-order valence-corrected chi connectivity index (χ4v) is 2.84. The molecule has 2 heteroatoms. The molecule has 1 aromatic rings. The molecule has 1 aromatic carbocycles. The van der Waals surface area contributed by atoms with Gasteiger partial charge in [-0.05, 0) is 38.3 Å². The van der Waals surface area contributed by atoms with Gasteiger partial charge in [0.2, 0.25) is 0 Å². The van der Waals surface area contributed by atoms with Crippen LogP contribution in [0.3, 0.4) is 0 Å². The maximum atomic E-state index is 10.1. The molecule has 0 aliphatic carbocycles. The summed E-state index contributed by atoms with van der Waals surface area (Å²) < 4.78 is 0. The van der Waals surface area contributed by atoms with Gasteiger partial charge >= 0.3 is 0 Å². The fourth-order valence-electron chi connectivity index (χ4n) is 2.84. The van der Waals surface area contributed by atoms with Crippen LogP contribution in [-0.2, 0) is 6.42 Å². The number of hydrogen-bond donors (Lipinski definition) is 1. The van der Waals surface area contributed by atoms with Crippen LogP contribution >= 0.6 is 0 Å². The molecule has 1 aliphatic rings. The van der Waals surface area contributed by atoms with Crippen molar-refractivity contribution in [1.82, 2.24) is 4.90 Å². The van der Waals surface area contributed by atoms with Crippen LogP contribution in [0.15, 0.2) is 24.3 Å². The summed E-state index contributed by atoms with van der Waals surface area (Å²) in [5.74, 6) is 0.396. The number of aryl methyl sites for hydroxylation is 1. The molecule has 1 heterocycles. The molecule has 0 amide bonds. The second-order valence-electron chi connectivity index (χ2n) is 5.61. The van der Waals surface area contributed by atoms with E-state index in [0.717, 1.165) is 32.5 Å². The van der Waals surface area contributed by atoms with Crippen LogP contribution in [0.1, 0.15) is 30.9 Å². The van der Waals surface area contributed by atoms with E-state index in [0.29, 0.717) is 5.92 Å². The quantitative estimate of drug-likeness (QED) is 0.884. The van der Waals surface area contributed by atoms with Crippen molar-refractivity contribution in [3.8, 4) is 0 Å². The van der Waals surface area contributed by atoms with E-state index in [9.17, 15) is 5.11 Å². The molecule has 18 heavy (non-hydrogen) atoms. The van der Waals surface area contributed by atoms with Gasteiger partial charge in [0.05, 0.1) is 6.10 Å².